The summed E-state index contributed by atoms with van der Waals surface area (Å²) < 4.78 is 12.2. The summed E-state index contributed by atoms with van der Waals surface area (Å²) in [5.41, 5.74) is 6.37. The number of fused-ring (bicyclic) bond motifs is 1. The van der Waals surface area contributed by atoms with Crippen LogP contribution in [0.15, 0.2) is 84.4 Å². The van der Waals surface area contributed by atoms with Crippen molar-refractivity contribution in [3.05, 3.63) is 107 Å². The highest BCUT2D eigenvalue weighted by Crippen LogP contribution is 2.46. The van der Waals surface area contributed by atoms with Crippen LogP contribution in [0.5, 0.6) is 5.75 Å². The Morgan fingerprint density at radius 2 is 1.47 bits per heavy atom. The third kappa shape index (κ3) is 3.67. The molecule has 0 N–H and O–H groups in total. The quantitative estimate of drug-likeness (QED) is 0.599. The van der Waals surface area contributed by atoms with E-state index in [-0.39, 0.29) is 5.92 Å². The fraction of sp³-hybridized carbons (Fsp3) is 0.259. The lowest BCUT2D eigenvalue weighted by atomic mass is 9.79. The van der Waals surface area contributed by atoms with Crippen molar-refractivity contribution in [2.45, 2.75) is 12.8 Å². The van der Waals surface area contributed by atoms with Crippen molar-refractivity contribution in [3.8, 4) is 5.75 Å². The highest BCUT2D eigenvalue weighted by atomic mass is 16.5. The number of ether oxygens (including phenoxy) is 2. The van der Waals surface area contributed by atoms with Gasteiger partial charge in [-0.05, 0) is 29.7 Å². The molecule has 0 amide bonds. The van der Waals surface area contributed by atoms with Crippen molar-refractivity contribution in [2.24, 2.45) is 0 Å². The van der Waals surface area contributed by atoms with Gasteiger partial charge in [-0.15, -0.1) is 0 Å². The average Bonchev–Trinajstić information content (AvgIpc) is 2.80. The van der Waals surface area contributed by atoms with E-state index < -0.39 is 0 Å². The topological polar surface area (TPSA) is 21.7 Å². The van der Waals surface area contributed by atoms with E-state index in [0.29, 0.717) is 0 Å². The lowest BCUT2D eigenvalue weighted by Gasteiger charge is -2.36. The van der Waals surface area contributed by atoms with Gasteiger partial charge >= 0.3 is 0 Å². The van der Waals surface area contributed by atoms with Crippen LogP contribution < -0.4 is 4.74 Å². The molecule has 5 rings (SSSR count). The molecule has 2 heterocycles. The highest BCUT2D eigenvalue weighted by Gasteiger charge is 2.33. The number of para-hydroxylation sites is 1. The van der Waals surface area contributed by atoms with Gasteiger partial charge in [0.25, 0.3) is 0 Å². The average molecular weight is 398 g/mol. The molecule has 3 aromatic rings. The maximum atomic E-state index is 6.59. The Labute approximate surface area is 178 Å². The van der Waals surface area contributed by atoms with Gasteiger partial charge in [-0.2, -0.15) is 0 Å². The van der Waals surface area contributed by atoms with Crippen LogP contribution in [0.1, 0.15) is 28.2 Å². The van der Waals surface area contributed by atoms with Crippen LogP contribution in [-0.2, 0) is 4.74 Å². The predicted molar refractivity (Wildman–Crippen MR) is 121 cm³/mol. The van der Waals surface area contributed by atoms with Crippen molar-refractivity contribution in [1.82, 2.24) is 4.90 Å². The molecule has 3 nitrogen and oxygen atoms in total. The fourth-order valence-corrected chi connectivity index (χ4v) is 4.57. The molecule has 3 heteroatoms. The number of hydrogen-bond acceptors (Lipinski definition) is 3. The van der Waals surface area contributed by atoms with E-state index in [1.165, 1.54) is 22.3 Å². The third-order valence-corrected chi connectivity index (χ3v) is 6.12. The van der Waals surface area contributed by atoms with Crippen molar-refractivity contribution >= 4 is 5.76 Å². The summed E-state index contributed by atoms with van der Waals surface area (Å²) in [5.74, 6) is 2.12. The summed E-state index contributed by atoms with van der Waals surface area (Å²) in [6, 6.07) is 27.8. The SMILES string of the molecule is Cc1ccccc1[C@H]1C(CN2CCOCC2)=C(c2ccccc2)Oc2ccccc21. The summed E-state index contributed by atoms with van der Waals surface area (Å²) in [5, 5.41) is 0. The summed E-state index contributed by atoms with van der Waals surface area (Å²) in [7, 11) is 0. The molecule has 0 spiro atoms. The lowest BCUT2D eigenvalue weighted by molar-refractivity contribution is 0.0416. The molecule has 2 aliphatic heterocycles. The molecule has 3 aromatic carbocycles. The Kier molecular flexibility index (Phi) is 5.39. The molecule has 1 fully saturated rings. The first kappa shape index (κ1) is 19.1. The molecule has 152 valence electrons. The van der Waals surface area contributed by atoms with Crippen LogP contribution in [0.3, 0.4) is 0 Å². The monoisotopic (exact) mass is 397 g/mol. The number of benzene rings is 3. The smallest absolute Gasteiger partial charge is 0.136 e. The second-order valence-electron chi connectivity index (χ2n) is 8.04. The Hall–Kier alpha value is -2.88. The van der Waals surface area contributed by atoms with E-state index in [4.69, 9.17) is 9.47 Å². The van der Waals surface area contributed by atoms with E-state index in [2.05, 4.69) is 90.7 Å². The maximum Gasteiger partial charge on any atom is 0.136 e. The van der Waals surface area contributed by atoms with Gasteiger partial charge in [0.15, 0.2) is 0 Å². The Morgan fingerprint density at radius 1 is 0.800 bits per heavy atom. The first-order chi connectivity index (χ1) is 14.8. The van der Waals surface area contributed by atoms with Crippen LogP contribution in [0.2, 0.25) is 0 Å². The number of hydrogen-bond donors (Lipinski definition) is 0. The Balaban J connectivity index is 1.70. The second kappa shape index (κ2) is 8.47. The second-order valence-corrected chi connectivity index (χ2v) is 8.04. The van der Waals surface area contributed by atoms with Gasteiger partial charge in [0.2, 0.25) is 0 Å². The number of aryl methyl sites for hydroxylation is 1. The van der Waals surface area contributed by atoms with Crippen LogP contribution in [0.25, 0.3) is 5.76 Å². The summed E-state index contributed by atoms with van der Waals surface area (Å²) >= 11 is 0. The minimum atomic E-state index is 0.175. The standard InChI is InChI=1S/C27H27NO2/c1-20-9-5-6-12-22(20)26-23-13-7-8-14-25(23)30-27(21-10-3-2-4-11-21)24(26)19-28-15-17-29-18-16-28/h2-14,26H,15-19H2,1H3/t26-/m1/s1. The van der Waals surface area contributed by atoms with Gasteiger partial charge < -0.3 is 9.47 Å². The van der Waals surface area contributed by atoms with E-state index in [1.807, 2.05) is 0 Å². The van der Waals surface area contributed by atoms with E-state index in [1.54, 1.807) is 0 Å². The number of nitrogens with zero attached hydrogens (tertiary/aromatic N) is 1. The maximum absolute atomic E-state index is 6.59. The van der Waals surface area contributed by atoms with E-state index >= 15 is 0 Å². The van der Waals surface area contributed by atoms with Gasteiger partial charge in [0.05, 0.1) is 13.2 Å². The molecule has 1 saturated heterocycles. The number of morpholine rings is 1. The first-order valence-corrected chi connectivity index (χ1v) is 10.7. The fourth-order valence-electron chi connectivity index (χ4n) is 4.57. The Morgan fingerprint density at radius 3 is 2.23 bits per heavy atom. The molecule has 0 aliphatic carbocycles. The highest BCUT2D eigenvalue weighted by molar-refractivity contribution is 5.73. The zero-order valence-corrected chi connectivity index (χ0v) is 17.4. The zero-order valence-electron chi connectivity index (χ0n) is 17.4. The minimum absolute atomic E-state index is 0.175. The molecule has 0 aromatic heterocycles. The van der Waals surface area contributed by atoms with E-state index in [9.17, 15) is 0 Å². The van der Waals surface area contributed by atoms with Crippen molar-refractivity contribution in [2.75, 3.05) is 32.8 Å². The van der Waals surface area contributed by atoms with E-state index in [0.717, 1.165) is 49.9 Å². The molecular weight excluding hydrogens is 370 g/mol. The molecule has 2 aliphatic rings. The van der Waals surface area contributed by atoms with Gasteiger partial charge in [0.1, 0.15) is 11.5 Å². The normalized spacial score (nSPS) is 19.3. The van der Waals surface area contributed by atoms with Crippen molar-refractivity contribution in [3.63, 3.8) is 0 Å². The minimum Gasteiger partial charge on any atom is -0.456 e. The molecule has 0 bridgehead atoms. The van der Waals surface area contributed by atoms with Crippen molar-refractivity contribution < 1.29 is 9.47 Å². The van der Waals surface area contributed by atoms with Crippen LogP contribution in [0.4, 0.5) is 0 Å². The van der Waals surface area contributed by atoms with Gasteiger partial charge in [-0.25, -0.2) is 0 Å². The molecule has 30 heavy (non-hydrogen) atoms. The van der Waals surface area contributed by atoms with Crippen LogP contribution in [-0.4, -0.2) is 37.7 Å². The first-order valence-electron chi connectivity index (χ1n) is 10.7. The zero-order chi connectivity index (χ0) is 20.3. The van der Waals surface area contributed by atoms with Crippen molar-refractivity contribution in [1.29, 1.82) is 0 Å². The van der Waals surface area contributed by atoms with Crippen LogP contribution >= 0.6 is 0 Å². The molecule has 0 unspecified atom stereocenters. The predicted octanol–water partition coefficient (Wildman–Crippen LogP) is 5.26. The Bertz CT molecular complexity index is 1050. The summed E-state index contributed by atoms with van der Waals surface area (Å²) in [6.45, 7) is 6.57. The summed E-state index contributed by atoms with van der Waals surface area (Å²) in [4.78, 5) is 2.49. The molecule has 0 radical (unpaired) electrons. The van der Waals surface area contributed by atoms with Gasteiger partial charge in [-0.1, -0.05) is 72.8 Å². The molecular formula is C27H27NO2. The third-order valence-electron chi connectivity index (χ3n) is 6.12. The van der Waals surface area contributed by atoms with Crippen LogP contribution in [0, 0.1) is 6.92 Å². The summed E-state index contributed by atoms with van der Waals surface area (Å²) in [6.07, 6.45) is 0. The number of rotatable bonds is 4. The molecule has 0 saturated carbocycles. The van der Waals surface area contributed by atoms with Gasteiger partial charge in [0, 0.05) is 36.7 Å². The lowest BCUT2D eigenvalue weighted by Crippen LogP contribution is -2.39. The molecule has 1 atom stereocenters. The largest absolute Gasteiger partial charge is 0.456 e. The van der Waals surface area contributed by atoms with Gasteiger partial charge in [-0.3, -0.25) is 4.90 Å².